The highest BCUT2D eigenvalue weighted by Crippen LogP contribution is 2.40. The fraction of sp³-hybridized carbons (Fsp3) is 0.394. The van der Waals surface area contributed by atoms with Crippen molar-refractivity contribution in [2.45, 2.75) is 51.7 Å². The van der Waals surface area contributed by atoms with Gasteiger partial charge in [0.2, 0.25) is 5.91 Å². The van der Waals surface area contributed by atoms with Gasteiger partial charge >= 0.3 is 5.97 Å². The molecule has 7 nitrogen and oxygen atoms in total. The zero-order chi connectivity index (χ0) is 28.6. The van der Waals surface area contributed by atoms with Crippen LogP contribution in [-0.4, -0.2) is 58.1 Å². The fourth-order valence-corrected chi connectivity index (χ4v) is 5.74. The monoisotopic (exact) mass is 544 g/mol. The summed E-state index contributed by atoms with van der Waals surface area (Å²) in [6.07, 6.45) is 1.44. The minimum atomic E-state index is -1.02. The van der Waals surface area contributed by atoms with Crippen molar-refractivity contribution in [1.29, 1.82) is 0 Å². The molecule has 4 atom stereocenters. The SMILES string of the molecule is COc1ccc(CN(C(=O)CCN2CC[C@@H](C)[C@@H](C)C2c2cccc(O)c2)[C@@H](Cc2ccccc2)C(=O)O)cc1. The van der Waals surface area contributed by atoms with Crippen LogP contribution in [0.25, 0.3) is 0 Å². The van der Waals surface area contributed by atoms with Crippen LogP contribution in [-0.2, 0) is 22.6 Å². The van der Waals surface area contributed by atoms with Crippen molar-refractivity contribution in [3.63, 3.8) is 0 Å². The summed E-state index contributed by atoms with van der Waals surface area (Å²) < 4.78 is 5.27. The molecule has 2 N–H and O–H groups in total. The summed E-state index contributed by atoms with van der Waals surface area (Å²) in [5.41, 5.74) is 2.74. The third kappa shape index (κ3) is 7.21. The highest BCUT2D eigenvalue weighted by Gasteiger charge is 2.35. The summed E-state index contributed by atoms with van der Waals surface area (Å²) in [5, 5.41) is 20.4. The second kappa shape index (κ2) is 13.5. The van der Waals surface area contributed by atoms with Crippen molar-refractivity contribution in [3.8, 4) is 11.5 Å². The van der Waals surface area contributed by atoms with E-state index in [4.69, 9.17) is 4.74 Å². The van der Waals surface area contributed by atoms with Gasteiger partial charge in [-0.2, -0.15) is 0 Å². The molecule has 7 heteroatoms. The number of methoxy groups -OCH3 is 1. The van der Waals surface area contributed by atoms with Crippen molar-refractivity contribution in [1.82, 2.24) is 9.80 Å². The molecule has 0 aliphatic carbocycles. The summed E-state index contributed by atoms with van der Waals surface area (Å²) in [7, 11) is 1.59. The number of carbonyl (C=O) groups excluding carboxylic acids is 1. The van der Waals surface area contributed by atoms with Gasteiger partial charge in [-0.1, -0.05) is 68.4 Å². The van der Waals surface area contributed by atoms with Crippen LogP contribution in [0.15, 0.2) is 78.9 Å². The maximum atomic E-state index is 13.9. The topological polar surface area (TPSA) is 90.3 Å². The number of carboxylic acid groups (broad SMARTS) is 1. The van der Waals surface area contributed by atoms with Crippen LogP contribution in [0.5, 0.6) is 11.5 Å². The van der Waals surface area contributed by atoms with Crippen molar-refractivity contribution >= 4 is 11.9 Å². The van der Waals surface area contributed by atoms with Gasteiger partial charge < -0.3 is 19.8 Å². The Morgan fingerprint density at radius 2 is 1.73 bits per heavy atom. The first kappa shape index (κ1) is 29.2. The molecular weight excluding hydrogens is 504 g/mol. The standard InChI is InChI=1S/C33H40N2O5/c1-23-16-18-34(32(24(23)2)27-10-7-11-28(36)21-27)19-17-31(37)35(22-26-12-14-29(40-3)15-13-26)30(33(38)39)20-25-8-5-4-6-9-25/h4-15,21,23-24,30,32,36H,16-20,22H2,1-3H3,(H,38,39)/t23-,24-,30+,32?/m1/s1. The molecule has 3 aromatic carbocycles. The number of hydrogen-bond acceptors (Lipinski definition) is 5. The molecule has 0 aromatic heterocycles. The normalized spacial score (nSPS) is 20.0. The highest BCUT2D eigenvalue weighted by molar-refractivity contribution is 5.84. The predicted molar refractivity (Wildman–Crippen MR) is 155 cm³/mol. The second-order valence-electron chi connectivity index (χ2n) is 10.9. The second-order valence-corrected chi connectivity index (χ2v) is 10.9. The molecule has 0 radical (unpaired) electrons. The zero-order valence-corrected chi connectivity index (χ0v) is 23.6. The summed E-state index contributed by atoms with van der Waals surface area (Å²) >= 11 is 0. The number of rotatable bonds is 11. The summed E-state index contributed by atoms with van der Waals surface area (Å²) in [4.78, 5) is 30.2. The van der Waals surface area contributed by atoms with Crippen LogP contribution in [0.1, 0.15) is 49.4 Å². The lowest BCUT2D eigenvalue weighted by molar-refractivity contribution is -0.151. The molecule has 1 amide bonds. The smallest absolute Gasteiger partial charge is 0.326 e. The minimum absolute atomic E-state index is 0.0678. The number of benzene rings is 3. The van der Waals surface area contributed by atoms with E-state index in [1.54, 1.807) is 13.2 Å². The molecule has 0 bridgehead atoms. The molecule has 3 aromatic rings. The lowest BCUT2D eigenvalue weighted by atomic mass is 9.79. The van der Waals surface area contributed by atoms with Gasteiger partial charge in [0.1, 0.15) is 17.5 Å². The Morgan fingerprint density at radius 3 is 2.38 bits per heavy atom. The van der Waals surface area contributed by atoms with Gasteiger partial charge in [-0.05, 0) is 65.8 Å². The Labute approximate surface area is 237 Å². The molecule has 1 fully saturated rings. The fourth-order valence-electron chi connectivity index (χ4n) is 5.74. The van der Waals surface area contributed by atoms with Gasteiger partial charge in [0.05, 0.1) is 7.11 Å². The van der Waals surface area contributed by atoms with E-state index in [1.165, 1.54) is 4.90 Å². The average Bonchev–Trinajstić information content (AvgIpc) is 2.96. The number of phenols is 1. The molecule has 0 saturated carbocycles. The van der Waals surface area contributed by atoms with Gasteiger partial charge in [-0.3, -0.25) is 9.69 Å². The van der Waals surface area contributed by atoms with Crippen LogP contribution in [0.4, 0.5) is 0 Å². The quantitative estimate of drug-likeness (QED) is 0.330. The van der Waals surface area contributed by atoms with Gasteiger partial charge in [0.15, 0.2) is 0 Å². The first-order chi connectivity index (χ1) is 19.3. The van der Waals surface area contributed by atoms with Crippen LogP contribution >= 0.6 is 0 Å². The molecule has 1 aliphatic rings. The number of hydrogen-bond donors (Lipinski definition) is 2. The summed E-state index contributed by atoms with van der Waals surface area (Å²) in [6, 6.07) is 23.2. The maximum Gasteiger partial charge on any atom is 0.326 e. The largest absolute Gasteiger partial charge is 0.508 e. The van der Waals surface area contributed by atoms with Crippen molar-refractivity contribution < 1.29 is 24.5 Å². The minimum Gasteiger partial charge on any atom is -0.508 e. The maximum absolute atomic E-state index is 13.9. The first-order valence-corrected chi connectivity index (χ1v) is 14.0. The van der Waals surface area contributed by atoms with Gasteiger partial charge in [-0.25, -0.2) is 4.79 Å². The van der Waals surface area contributed by atoms with Crippen molar-refractivity contribution in [2.24, 2.45) is 11.8 Å². The Balaban J connectivity index is 1.57. The van der Waals surface area contributed by atoms with E-state index in [2.05, 4.69) is 18.7 Å². The number of likely N-dealkylation sites (tertiary alicyclic amines) is 1. The van der Waals surface area contributed by atoms with Crippen LogP contribution in [0.2, 0.25) is 0 Å². The van der Waals surface area contributed by atoms with Crippen LogP contribution in [0.3, 0.4) is 0 Å². The van der Waals surface area contributed by atoms with E-state index >= 15 is 0 Å². The summed E-state index contributed by atoms with van der Waals surface area (Å²) in [6.45, 7) is 6.01. The molecule has 1 aliphatic heterocycles. The number of aliphatic carboxylic acids is 1. The van der Waals surface area contributed by atoms with E-state index in [1.807, 2.05) is 72.8 Å². The van der Waals surface area contributed by atoms with E-state index in [0.717, 1.165) is 29.7 Å². The van der Waals surface area contributed by atoms with Gasteiger partial charge in [-0.15, -0.1) is 0 Å². The number of aromatic hydroxyl groups is 1. The molecule has 40 heavy (non-hydrogen) atoms. The lowest BCUT2D eigenvalue weighted by Crippen LogP contribution is -2.48. The number of ether oxygens (including phenoxy) is 1. The predicted octanol–water partition coefficient (Wildman–Crippen LogP) is 5.53. The van der Waals surface area contributed by atoms with Crippen molar-refractivity contribution in [2.75, 3.05) is 20.2 Å². The Morgan fingerprint density at radius 1 is 1.00 bits per heavy atom. The molecular formula is C33H40N2O5. The molecule has 1 saturated heterocycles. The van der Waals surface area contributed by atoms with Crippen molar-refractivity contribution in [3.05, 3.63) is 95.6 Å². The Kier molecular flexibility index (Phi) is 9.83. The van der Waals surface area contributed by atoms with E-state index in [-0.39, 0.29) is 37.1 Å². The number of amides is 1. The van der Waals surface area contributed by atoms with E-state index in [0.29, 0.717) is 24.1 Å². The van der Waals surface area contributed by atoms with Crippen LogP contribution < -0.4 is 4.74 Å². The number of carbonyl (C=O) groups is 2. The molecule has 1 heterocycles. The number of phenolic OH excluding ortho intramolecular Hbond substituents is 1. The highest BCUT2D eigenvalue weighted by atomic mass is 16.5. The van der Waals surface area contributed by atoms with Gasteiger partial charge in [0, 0.05) is 32.0 Å². The number of carboxylic acids is 1. The molecule has 4 rings (SSSR count). The first-order valence-electron chi connectivity index (χ1n) is 14.0. The average molecular weight is 545 g/mol. The molecule has 0 spiro atoms. The zero-order valence-electron chi connectivity index (χ0n) is 23.6. The Hall–Kier alpha value is -3.84. The van der Waals surface area contributed by atoms with E-state index < -0.39 is 12.0 Å². The van der Waals surface area contributed by atoms with E-state index in [9.17, 15) is 19.8 Å². The lowest BCUT2D eigenvalue weighted by Gasteiger charge is -2.44. The molecule has 212 valence electrons. The third-order valence-corrected chi connectivity index (χ3v) is 8.25. The number of piperidine rings is 1. The summed E-state index contributed by atoms with van der Waals surface area (Å²) in [5.74, 6) is 0.560. The van der Waals surface area contributed by atoms with Crippen LogP contribution in [0, 0.1) is 11.8 Å². The number of nitrogens with zero attached hydrogens (tertiary/aromatic N) is 2. The molecule has 1 unspecified atom stereocenters. The Bertz CT molecular complexity index is 1260. The van der Waals surface area contributed by atoms with Gasteiger partial charge in [0.25, 0.3) is 0 Å². The third-order valence-electron chi connectivity index (χ3n) is 8.25.